The van der Waals surface area contributed by atoms with E-state index >= 15 is 0 Å². The van der Waals surface area contributed by atoms with Gasteiger partial charge in [-0.25, -0.2) is 0 Å². The molecule has 1 aromatic carbocycles. The molecule has 1 aromatic heterocycles. The summed E-state index contributed by atoms with van der Waals surface area (Å²) in [4.78, 5) is 29.3. The molecule has 2 aromatic rings. The summed E-state index contributed by atoms with van der Waals surface area (Å²) in [6.07, 6.45) is 11.8. The Morgan fingerprint density at radius 1 is 1.10 bits per heavy atom. The van der Waals surface area contributed by atoms with Gasteiger partial charge in [0.05, 0.1) is 11.1 Å². The lowest BCUT2D eigenvalue weighted by Crippen LogP contribution is -2.25. The van der Waals surface area contributed by atoms with E-state index in [0.717, 1.165) is 42.5 Å². The molecule has 0 radical (unpaired) electrons. The summed E-state index contributed by atoms with van der Waals surface area (Å²) in [5.41, 5.74) is 5.12. The molecule has 0 aliphatic heterocycles. The number of hydrogen-bond donors (Lipinski definition) is 2. The minimum Gasteiger partial charge on any atom is -0.352 e. The average molecular weight is 392 g/mol. The number of pyridine rings is 1. The van der Waals surface area contributed by atoms with Crippen LogP contribution in [0.5, 0.6) is 0 Å². The molecule has 5 heteroatoms. The third-order valence-electron chi connectivity index (χ3n) is 5.36. The van der Waals surface area contributed by atoms with Gasteiger partial charge in [0, 0.05) is 24.6 Å². The molecule has 3 rings (SSSR count). The lowest BCUT2D eigenvalue weighted by Gasteiger charge is -2.14. The van der Waals surface area contributed by atoms with Gasteiger partial charge in [0.25, 0.3) is 11.8 Å². The van der Waals surface area contributed by atoms with E-state index in [0.29, 0.717) is 17.7 Å². The maximum Gasteiger partial charge on any atom is 0.257 e. The Hall–Kier alpha value is -2.95. The number of carbonyl (C=O) groups excluding carboxylic acids is 2. The fourth-order valence-electron chi connectivity index (χ4n) is 3.65. The zero-order valence-corrected chi connectivity index (χ0v) is 17.3. The number of carbonyl (C=O) groups is 2. The van der Waals surface area contributed by atoms with Gasteiger partial charge in [-0.05, 0) is 62.6 Å². The molecule has 2 N–H and O–H groups in total. The van der Waals surface area contributed by atoms with Gasteiger partial charge in [-0.1, -0.05) is 36.8 Å². The molecule has 1 aliphatic carbocycles. The largest absolute Gasteiger partial charge is 0.352 e. The van der Waals surface area contributed by atoms with Crippen molar-refractivity contribution >= 4 is 17.5 Å². The normalized spacial score (nSPS) is 13.5. The van der Waals surface area contributed by atoms with Crippen LogP contribution in [-0.2, 0) is 6.42 Å². The monoisotopic (exact) mass is 391 g/mol. The lowest BCUT2D eigenvalue weighted by molar-refractivity contribution is 0.0953. The zero-order valence-electron chi connectivity index (χ0n) is 17.3. The molecule has 0 bridgehead atoms. The fraction of sp³-hybridized carbons (Fsp3) is 0.375. The van der Waals surface area contributed by atoms with Crippen molar-refractivity contribution in [3.05, 3.63) is 70.6 Å². The molecular weight excluding hydrogens is 362 g/mol. The molecule has 0 spiro atoms. The molecule has 1 aliphatic rings. The van der Waals surface area contributed by atoms with Crippen LogP contribution in [0.15, 0.2) is 48.3 Å². The van der Waals surface area contributed by atoms with E-state index in [2.05, 4.69) is 28.6 Å². The summed E-state index contributed by atoms with van der Waals surface area (Å²) >= 11 is 0. The van der Waals surface area contributed by atoms with Crippen molar-refractivity contribution in [2.75, 3.05) is 11.9 Å². The summed E-state index contributed by atoms with van der Waals surface area (Å²) in [5.74, 6) is -0.461. The summed E-state index contributed by atoms with van der Waals surface area (Å²) in [6, 6.07) is 7.56. The number of anilines is 1. The average Bonchev–Trinajstić information content (AvgIpc) is 2.75. The van der Waals surface area contributed by atoms with Crippen molar-refractivity contribution in [2.24, 2.45) is 0 Å². The van der Waals surface area contributed by atoms with E-state index in [1.165, 1.54) is 30.8 Å². The quantitative estimate of drug-likeness (QED) is 0.665. The van der Waals surface area contributed by atoms with E-state index in [1.807, 2.05) is 25.1 Å². The zero-order chi connectivity index (χ0) is 20.6. The summed E-state index contributed by atoms with van der Waals surface area (Å²) in [6.45, 7) is 4.63. The summed E-state index contributed by atoms with van der Waals surface area (Å²) < 4.78 is 0. The van der Waals surface area contributed by atoms with Crippen LogP contribution in [0.3, 0.4) is 0 Å². The van der Waals surface area contributed by atoms with Gasteiger partial charge in [0.2, 0.25) is 0 Å². The van der Waals surface area contributed by atoms with Crippen molar-refractivity contribution in [3.8, 4) is 0 Å². The van der Waals surface area contributed by atoms with E-state index in [9.17, 15) is 9.59 Å². The van der Waals surface area contributed by atoms with Crippen LogP contribution in [0.1, 0.15) is 70.9 Å². The predicted octanol–water partition coefficient (Wildman–Crippen LogP) is 4.83. The number of benzene rings is 1. The molecule has 5 nitrogen and oxygen atoms in total. The van der Waals surface area contributed by atoms with Gasteiger partial charge < -0.3 is 10.6 Å². The first-order valence-electron chi connectivity index (χ1n) is 10.4. The van der Waals surface area contributed by atoms with Crippen molar-refractivity contribution in [1.29, 1.82) is 0 Å². The van der Waals surface area contributed by atoms with Crippen LogP contribution in [0.25, 0.3) is 0 Å². The maximum atomic E-state index is 12.7. The van der Waals surface area contributed by atoms with E-state index in [1.54, 1.807) is 6.07 Å². The topological polar surface area (TPSA) is 71.1 Å². The van der Waals surface area contributed by atoms with Crippen LogP contribution in [0, 0.1) is 6.92 Å². The number of aromatic nitrogens is 1. The van der Waals surface area contributed by atoms with Gasteiger partial charge in [0.1, 0.15) is 0 Å². The Kier molecular flexibility index (Phi) is 7.17. The summed E-state index contributed by atoms with van der Waals surface area (Å²) in [7, 11) is 0. The molecule has 152 valence electrons. The van der Waals surface area contributed by atoms with Crippen molar-refractivity contribution in [2.45, 2.75) is 52.4 Å². The SMILES string of the molecule is CCc1cccc(C)c1NC(=O)c1cncc(C(=O)NCCC2=CCCCC2)c1. The Morgan fingerprint density at radius 3 is 2.62 bits per heavy atom. The second-order valence-electron chi connectivity index (χ2n) is 7.49. The third-order valence-corrected chi connectivity index (χ3v) is 5.36. The maximum absolute atomic E-state index is 12.7. The van der Waals surface area contributed by atoms with Gasteiger partial charge in [-0.3, -0.25) is 14.6 Å². The number of para-hydroxylation sites is 1. The van der Waals surface area contributed by atoms with Crippen molar-refractivity contribution in [3.63, 3.8) is 0 Å². The highest BCUT2D eigenvalue weighted by atomic mass is 16.2. The smallest absolute Gasteiger partial charge is 0.257 e. The second kappa shape index (κ2) is 10.0. The highest BCUT2D eigenvalue weighted by Gasteiger charge is 2.14. The predicted molar refractivity (Wildman–Crippen MR) is 116 cm³/mol. The Bertz CT molecular complexity index is 918. The number of hydrogen-bond acceptors (Lipinski definition) is 3. The van der Waals surface area contributed by atoms with Crippen LogP contribution in [0.4, 0.5) is 5.69 Å². The molecule has 0 saturated heterocycles. The standard InChI is InChI=1S/C24H29N3O2/c1-3-19-11-7-8-17(2)22(19)27-24(29)21-14-20(15-25-16-21)23(28)26-13-12-18-9-5-4-6-10-18/h7-9,11,14-16H,3-6,10,12-13H2,1-2H3,(H,26,28)(H,27,29). The van der Waals surface area contributed by atoms with Crippen molar-refractivity contribution in [1.82, 2.24) is 10.3 Å². The number of amides is 2. The molecule has 0 atom stereocenters. The number of allylic oxidation sites excluding steroid dienone is 1. The minimum atomic E-state index is -0.261. The highest BCUT2D eigenvalue weighted by molar-refractivity contribution is 6.06. The molecule has 29 heavy (non-hydrogen) atoms. The Morgan fingerprint density at radius 2 is 1.90 bits per heavy atom. The summed E-state index contributed by atoms with van der Waals surface area (Å²) in [5, 5.41) is 5.92. The van der Waals surface area contributed by atoms with Gasteiger partial charge >= 0.3 is 0 Å². The fourth-order valence-corrected chi connectivity index (χ4v) is 3.65. The van der Waals surface area contributed by atoms with Gasteiger partial charge in [0.15, 0.2) is 0 Å². The minimum absolute atomic E-state index is 0.200. The lowest BCUT2D eigenvalue weighted by atomic mass is 9.97. The third kappa shape index (κ3) is 5.53. The number of aryl methyl sites for hydroxylation is 2. The first-order chi connectivity index (χ1) is 14.1. The first-order valence-corrected chi connectivity index (χ1v) is 10.4. The van der Waals surface area contributed by atoms with Gasteiger partial charge in [-0.2, -0.15) is 0 Å². The van der Waals surface area contributed by atoms with Crippen LogP contribution in [0.2, 0.25) is 0 Å². The molecular formula is C24H29N3O2. The van der Waals surface area contributed by atoms with E-state index < -0.39 is 0 Å². The molecule has 2 amide bonds. The number of nitrogens with zero attached hydrogens (tertiary/aromatic N) is 1. The number of nitrogens with one attached hydrogen (secondary N) is 2. The number of rotatable bonds is 7. The van der Waals surface area contributed by atoms with Crippen LogP contribution >= 0.6 is 0 Å². The molecule has 0 fully saturated rings. The first kappa shape index (κ1) is 20.8. The van der Waals surface area contributed by atoms with Crippen LogP contribution < -0.4 is 10.6 Å². The molecule has 0 unspecified atom stereocenters. The van der Waals surface area contributed by atoms with Crippen molar-refractivity contribution < 1.29 is 9.59 Å². The Balaban J connectivity index is 1.63. The Labute approximate surface area is 172 Å². The van der Waals surface area contributed by atoms with Gasteiger partial charge in [-0.15, -0.1) is 0 Å². The van der Waals surface area contributed by atoms with E-state index in [-0.39, 0.29) is 11.8 Å². The second-order valence-corrected chi connectivity index (χ2v) is 7.49. The highest BCUT2D eigenvalue weighted by Crippen LogP contribution is 2.22. The van der Waals surface area contributed by atoms with E-state index in [4.69, 9.17) is 0 Å². The molecule has 1 heterocycles. The van der Waals surface area contributed by atoms with Crippen LogP contribution in [-0.4, -0.2) is 23.3 Å². The molecule has 0 saturated carbocycles.